The Hall–Kier alpha value is -1.46. The van der Waals surface area contributed by atoms with Gasteiger partial charge in [-0.05, 0) is 31.6 Å². The molecule has 0 aromatic heterocycles. The van der Waals surface area contributed by atoms with Crippen LogP contribution >= 0.6 is 0 Å². The zero-order valence-corrected chi connectivity index (χ0v) is 12.5. The number of methoxy groups -OCH3 is 2. The monoisotopic (exact) mass is 279 g/mol. The number of nitrogens with zero attached hydrogens (tertiary/aromatic N) is 2. The average Bonchev–Trinajstić information content (AvgIpc) is 2.52. The molecule has 1 aromatic rings. The number of rotatable bonds is 6. The Bertz CT molecular complexity index is 418. The van der Waals surface area contributed by atoms with Crippen molar-refractivity contribution < 1.29 is 9.47 Å². The summed E-state index contributed by atoms with van der Waals surface area (Å²) in [6.07, 6.45) is 1.07. The lowest BCUT2D eigenvalue weighted by Gasteiger charge is -2.36. The van der Waals surface area contributed by atoms with Gasteiger partial charge < -0.3 is 20.1 Å². The lowest BCUT2D eigenvalue weighted by Crippen LogP contribution is -2.47. The van der Waals surface area contributed by atoms with E-state index in [4.69, 9.17) is 15.2 Å². The smallest absolute Gasteiger partial charge is 0.142 e. The molecule has 1 aliphatic heterocycles. The van der Waals surface area contributed by atoms with Crippen LogP contribution in [0.2, 0.25) is 0 Å². The molecule has 112 valence electrons. The molecule has 0 aliphatic carbocycles. The molecule has 1 heterocycles. The van der Waals surface area contributed by atoms with E-state index in [1.807, 2.05) is 18.2 Å². The molecule has 0 atom stereocenters. The summed E-state index contributed by atoms with van der Waals surface area (Å²) in [6.45, 7) is 6.02. The largest absolute Gasteiger partial charge is 0.497 e. The normalized spacial score (nSPS) is 16.2. The van der Waals surface area contributed by atoms with Gasteiger partial charge in [-0.25, -0.2) is 0 Å². The Labute approximate surface area is 121 Å². The van der Waals surface area contributed by atoms with Gasteiger partial charge in [-0.3, -0.25) is 4.90 Å². The van der Waals surface area contributed by atoms with E-state index in [1.54, 1.807) is 14.2 Å². The first-order valence-corrected chi connectivity index (χ1v) is 7.18. The molecule has 5 heteroatoms. The fourth-order valence-corrected chi connectivity index (χ4v) is 2.57. The summed E-state index contributed by atoms with van der Waals surface area (Å²) in [4.78, 5) is 4.83. The van der Waals surface area contributed by atoms with E-state index >= 15 is 0 Å². The highest BCUT2D eigenvalue weighted by Gasteiger charge is 2.19. The van der Waals surface area contributed by atoms with Crippen molar-refractivity contribution in [3.8, 4) is 11.5 Å². The molecule has 2 rings (SSSR count). The molecular formula is C15H25N3O2. The number of hydrogen-bond acceptors (Lipinski definition) is 5. The maximum absolute atomic E-state index is 5.57. The number of benzene rings is 1. The van der Waals surface area contributed by atoms with Crippen molar-refractivity contribution in [1.82, 2.24) is 4.90 Å². The lowest BCUT2D eigenvalue weighted by atomic mass is 10.2. The molecule has 0 bridgehead atoms. The molecule has 2 N–H and O–H groups in total. The van der Waals surface area contributed by atoms with E-state index in [2.05, 4.69) is 9.80 Å². The summed E-state index contributed by atoms with van der Waals surface area (Å²) in [5.74, 6) is 1.77. The van der Waals surface area contributed by atoms with Crippen molar-refractivity contribution in [1.29, 1.82) is 0 Å². The van der Waals surface area contributed by atoms with Crippen molar-refractivity contribution in [2.24, 2.45) is 5.73 Å². The van der Waals surface area contributed by atoms with E-state index in [9.17, 15) is 0 Å². The minimum absolute atomic E-state index is 0.768. The molecule has 20 heavy (non-hydrogen) atoms. The molecule has 1 aromatic carbocycles. The third kappa shape index (κ3) is 3.55. The summed E-state index contributed by atoms with van der Waals surface area (Å²) in [7, 11) is 3.40. The van der Waals surface area contributed by atoms with Crippen LogP contribution < -0.4 is 20.1 Å². The van der Waals surface area contributed by atoms with Crippen molar-refractivity contribution in [2.75, 3.05) is 58.4 Å². The van der Waals surface area contributed by atoms with Crippen molar-refractivity contribution in [3.63, 3.8) is 0 Å². The van der Waals surface area contributed by atoms with E-state index in [0.29, 0.717) is 0 Å². The summed E-state index contributed by atoms with van der Waals surface area (Å²) in [5.41, 5.74) is 6.68. The van der Waals surface area contributed by atoms with Gasteiger partial charge in [0.1, 0.15) is 11.5 Å². The summed E-state index contributed by atoms with van der Waals surface area (Å²) >= 11 is 0. The average molecular weight is 279 g/mol. The Balaban J connectivity index is 2.02. The quantitative estimate of drug-likeness (QED) is 0.847. The molecule has 0 amide bonds. The molecule has 0 radical (unpaired) electrons. The summed E-state index contributed by atoms with van der Waals surface area (Å²) in [6, 6.07) is 5.95. The summed E-state index contributed by atoms with van der Waals surface area (Å²) in [5, 5.41) is 0. The van der Waals surface area contributed by atoms with Gasteiger partial charge in [0.05, 0.1) is 19.9 Å². The van der Waals surface area contributed by atoms with Crippen LogP contribution in [0.25, 0.3) is 0 Å². The highest BCUT2D eigenvalue weighted by atomic mass is 16.5. The third-order valence-electron chi connectivity index (χ3n) is 3.78. The molecule has 1 saturated heterocycles. The second-order valence-corrected chi connectivity index (χ2v) is 5.01. The molecule has 1 aliphatic rings. The lowest BCUT2D eigenvalue weighted by molar-refractivity contribution is 0.255. The van der Waals surface area contributed by atoms with Crippen LogP contribution in [0.1, 0.15) is 6.42 Å². The minimum atomic E-state index is 0.768. The third-order valence-corrected chi connectivity index (χ3v) is 3.78. The number of anilines is 1. The second-order valence-electron chi connectivity index (χ2n) is 5.01. The van der Waals surface area contributed by atoms with Crippen LogP contribution in [-0.4, -0.2) is 58.4 Å². The highest BCUT2D eigenvalue weighted by molar-refractivity contribution is 5.62. The van der Waals surface area contributed by atoms with Crippen LogP contribution in [0.15, 0.2) is 18.2 Å². The molecule has 0 spiro atoms. The molecular weight excluding hydrogens is 254 g/mol. The van der Waals surface area contributed by atoms with Gasteiger partial charge in [0, 0.05) is 32.2 Å². The molecule has 0 saturated carbocycles. The van der Waals surface area contributed by atoms with E-state index in [1.165, 1.54) is 0 Å². The van der Waals surface area contributed by atoms with Gasteiger partial charge in [-0.1, -0.05) is 0 Å². The van der Waals surface area contributed by atoms with Crippen molar-refractivity contribution in [2.45, 2.75) is 6.42 Å². The first-order chi connectivity index (χ1) is 9.78. The van der Waals surface area contributed by atoms with Crippen molar-refractivity contribution >= 4 is 5.69 Å². The van der Waals surface area contributed by atoms with Gasteiger partial charge >= 0.3 is 0 Å². The predicted octanol–water partition coefficient (Wildman–Crippen LogP) is 1.17. The Morgan fingerprint density at radius 3 is 2.45 bits per heavy atom. The van der Waals surface area contributed by atoms with Gasteiger partial charge in [0.15, 0.2) is 0 Å². The molecule has 1 fully saturated rings. The minimum Gasteiger partial charge on any atom is -0.497 e. The fourth-order valence-electron chi connectivity index (χ4n) is 2.57. The predicted molar refractivity (Wildman–Crippen MR) is 81.9 cm³/mol. The van der Waals surface area contributed by atoms with Crippen LogP contribution in [0.3, 0.4) is 0 Å². The highest BCUT2D eigenvalue weighted by Crippen LogP contribution is 2.32. The molecule has 5 nitrogen and oxygen atoms in total. The van der Waals surface area contributed by atoms with Gasteiger partial charge in [-0.2, -0.15) is 0 Å². The van der Waals surface area contributed by atoms with E-state index in [-0.39, 0.29) is 0 Å². The van der Waals surface area contributed by atoms with Gasteiger partial charge in [0.25, 0.3) is 0 Å². The maximum atomic E-state index is 5.57. The maximum Gasteiger partial charge on any atom is 0.142 e. The zero-order chi connectivity index (χ0) is 14.4. The Kier molecular flexibility index (Phi) is 5.49. The van der Waals surface area contributed by atoms with E-state index < -0.39 is 0 Å². The van der Waals surface area contributed by atoms with Crippen molar-refractivity contribution in [3.05, 3.63) is 18.2 Å². The van der Waals surface area contributed by atoms with E-state index in [0.717, 1.165) is 62.9 Å². The van der Waals surface area contributed by atoms with Crippen LogP contribution in [0, 0.1) is 0 Å². The Morgan fingerprint density at radius 1 is 1.10 bits per heavy atom. The van der Waals surface area contributed by atoms with Crippen LogP contribution in [0.4, 0.5) is 5.69 Å². The van der Waals surface area contributed by atoms with Gasteiger partial charge in [0.2, 0.25) is 0 Å². The summed E-state index contributed by atoms with van der Waals surface area (Å²) < 4.78 is 10.8. The Morgan fingerprint density at radius 2 is 1.85 bits per heavy atom. The zero-order valence-electron chi connectivity index (χ0n) is 12.5. The topological polar surface area (TPSA) is 51.0 Å². The first kappa shape index (κ1) is 14.9. The van der Waals surface area contributed by atoms with Crippen LogP contribution in [-0.2, 0) is 0 Å². The van der Waals surface area contributed by atoms with Crippen LogP contribution in [0.5, 0.6) is 11.5 Å². The second kappa shape index (κ2) is 7.36. The SMILES string of the molecule is COc1ccc(OC)c(N2CCN(CCCN)CC2)c1. The first-order valence-electron chi connectivity index (χ1n) is 7.18. The fraction of sp³-hybridized carbons (Fsp3) is 0.600. The number of piperazine rings is 1. The number of hydrogen-bond donors (Lipinski definition) is 1. The number of ether oxygens (including phenoxy) is 2. The number of nitrogens with two attached hydrogens (primary N) is 1. The standard InChI is InChI=1S/C15H25N3O2/c1-19-13-4-5-15(20-2)14(12-13)18-10-8-17(9-11-18)7-3-6-16/h4-5,12H,3,6-11,16H2,1-2H3. The molecule has 0 unspecified atom stereocenters. The van der Waals surface area contributed by atoms with Gasteiger partial charge in [-0.15, -0.1) is 0 Å².